The first-order valence-electron chi connectivity index (χ1n) is 6.03. The second-order valence-corrected chi connectivity index (χ2v) is 4.79. The third-order valence-electron chi connectivity index (χ3n) is 3.13. The van der Waals surface area contributed by atoms with Gasteiger partial charge in [-0.2, -0.15) is 0 Å². The summed E-state index contributed by atoms with van der Waals surface area (Å²) in [5.41, 5.74) is 3.80. The monoisotopic (exact) mass is 217 g/mol. The lowest BCUT2D eigenvalue weighted by atomic mass is 9.98. The molecule has 2 heteroatoms. The average molecular weight is 217 g/mol. The summed E-state index contributed by atoms with van der Waals surface area (Å²) in [6, 6.07) is 6.75. The maximum absolute atomic E-state index is 11.5. The van der Waals surface area contributed by atoms with E-state index in [1.54, 1.807) is 0 Å². The van der Waals surface area contributed by atoms with Gasteiger partial charge in [0.15, 0.2) is 0 Å². The van der Waals surface area contributed by atoms with Crippen LogP contribution in [0.3, 0.4) is 0 Å². The van der Waals surface area contributed by atoms with Crippen molar-refractivity contribution in [1.82, 2.24) is 5.32 Å². The SMILES string of the molecule is Cc1cc(C)cc(C2CCCCC(=O)N2)c1. The molecule has 1 aromatic carbocycles. The van der Waals surface area contributed by atoms with Crippen LogP contribution in [0.2, 0.25) is 0 Å². The smallest absolute Gasteiger partial charge is 0.220 e. The van der Waals surface area contributed by atoms with Crippen LogP contribution >= 0.6 is 0 Å². The predicted molar refractivity (Wildman–Crippen MR) is 65.3 cm³/mol. The molecule has 1 fully saturated rings. The van der Waals surface area contributed by atoms with Crippen molar-refractivity contribution in [1.29, 1.82) is 0 Å². The van der Waals surface area contributed by atoms with Gasteiger partial charge in [-0.05, 0) is 32.3 Å². The van der Waals surface area contributed by atoms with Crippen molar-refractivity contribution >= 4 is 5.91 Å². The van der Waals surface area contributed by atoms with Crippen LogP contribution in [0.5, 0.6) is 0 Å². The molecule has 16 heavy (non-hydrogen) atoms. The van der Waals surface area contributed by atoms with E-state index in [1.807, 2.05) is 0 Å². The van der Waals surface area contributed by atoms with Crippen molar-refractivity contribution in [2.75, 3.05) is 0 Å². The van der Waals surface area contributed by atoms with Crippen molar-refractivity contribution in [3.8, 4) is 0 Å². The van der Waals surface area contributed by atoms with Gasteiger partial charge >= 0.3 is 0 Å². The summed E-state index contributed by atoms with van der Waals surface area (Å²) in [6.07, 6.45) is 3.90. The van der Waals surface area contributed by atoms with Gasteiger partial charge in [0, 0.05) is 6.42 Å². The molecule has 1 unspecified atom stereocenters. The second kappa shape index (κ2) is 4.69. The van der Waals surface area contributed by atoms with Gasteiger partial charge in [-0.15, -0.1) is 0 Å². The molecule has 2 nitrogen and oxygen atoms in total. The number of rotatable bonds is 1. The van der Waals surface area contributed by atoms with Crippen LogP contribution < -0.4 is 5.32 Å². The minimum Gasteiger partial charge on any atom is -0.349 e. The molecular formula is C14H19NO. The predicted octanol–water partition coefficient (Wildman–Crippen LogP) is 3.03. The van der Waals surface area contributed by atoms with Gasteiger partial charge in [0.1, 0.15) is 0 Å². The zero-order valence-electron chi connectivity index (χ0n) is 10.0. The van der Waals surface area contributed by atoms with Gasteiger partial charge in [0.05, 0.1) is 6.04 Å². The highest BCUT2D eigenvalue weighted by molar-refractivity contribution is 5.76. The van der Waals surface area contributed by atoms with E-state index in [2.05, 4.69) is 37.4 Å². The molecule has 1 N–H and O–H groups in total. The minimum atomic E-state index is 0.196. The van der Waals surface area contributed by atoms with Crippen molar-refractivity contribution < 1.29 is 4.79 Å². The lowest BCUT2D eigenvalue weighted by Crippen LogP contribution is -2.26. The lowest BCUT2D eigenvalue weighted by Gasteiger charge is -2.17. The molecule has 2 rings (SSSR count). The van der Waals surface area contributed by atoms with E-state index in [0.29, 0.717) is 6.42 Å². The number of hydrogen-bond acceptors (Lipinski definition) is 1. The molecule has 86 valence electrons. The summed E-state index contributed by atoms with van der Waals surface area (Å²) in [5, 5.41) is 3.11. The quantitative estimate of drug-likeness (QED) is 0.769. The maximum Gasteiger partial charge on any atom is 0.220 e. The van der Waals surface area contributed by atoms with Crippen molar-refractivity contribution in [2.24, 2.45) is 0 Å². The van der Waals surface area contributed by atoms with E-state index in [1.165, 1.54) is 16.7 Å². The van der Waals surface area contributed by atoms with Crippen LogP contribution in [-0.2, 0) is 4.79 Å². The van der Waals surface area contributed by atoms with Gasteiger partial charge in [-0.25, -0.2) is 0 Å². The van der Waals surface area contributed by atoms with E-state index in [0.717, 1.165) is 19.3 Å². The zero-order chi connectivity index (χ0) is 11.5. The number of hydrogen-bond donors (Lipinski definition) is 1. The molecule has 1 aliphatic rings. The molecule has 0 spiro atoms. The second-order valence-electron chi connectivity index (χ2n) is 4.79. The number of nitrogens with one attached hydrogen (secondary N) is 1. The van der Waals surface area contributed by atoms with Crippen LogP contribution in [0, 0.1) is 13.8 Å². The summed E-state index contributed by atoms with van der Waals surface area (Å²) >= 11 is 0. The van der Waals surface area contributed by atoms with Crippen LogP contribution in [0.15, 0.2) is 18.2 Å². The summed E-state index contributed by atoms with van der Waals surface area (Å²) in [6.45, 7) is 4.21. The Morgan fingerprint density at radius 1 is 1.12 bits per heavy atom. The topological polar surface area (TPSA) is 29.1 Å². The third kappa shape index (κ3) is 2.63. The number of carbonyl (C=O) groups excluding carboxylic acids is 1. The molecule has 0 aliphatic carbocycles. The van der Waals surface area contributed by atoms with E-state index >= 15 is 0 Å². The van der Waals surface area contributed by atoms with E-state index in [9.17, 15) is 4.79 Å². The summed E-state index contributed by atoms with van der Waals surface area (Å²) < 4.78 is 0. The minimum absolute atomic E-state index is 0.196. The van der Waals surface area contributed by atoms with E-state index < -0.39 is 0 Å². The Morgan fingerprint density at radius 2 is 1.81 bits per heavy atom. The highest BCUT2D eigenvalue weighted by atomic mass is 16.1. The molecule has 0 radical (unpaired) electrons. The Labute approximate surface area is 97.1 Å². The van der Waals surface area contributed by atoms with Gasteiger partial charge in [0.2, 0.25) is 5.91 Å². The molecule has 1 atom stereocenters. The molecule has 1 aliphatic heterocycles. The average Bonchev–Trinajstić information content (AvgIpc) is 2.41. The Balaban J connectivity index is 2.24. The fourth-order valence-corrected chi connectivity index (χ4v) is 2.43. The van der Waals surface area contributed by atoms with Gasteiger partial charge in [-0.3, -0.25) is 4.79 Å². The van der Waals surface area contributed by atoms with Crippen LogP contribution in [0.1, 0.15) is 48.4 Å². The summed E-state index contributed by atoms with van der Waals surface area (Å²) in [5.74, 6) is 0.196. The van der Waals surface area contributed by atoms with Gasteiger partial charge in [-0.1, -0.05) is 35.7 Å². The molecule has 0 aromatic heterocycles. The highest BCUT2D eigenvalue weighted by Gasteiger charge is 2.18. The summed E-state index contributed by atoms with van der Waals surface area (Å²) in [7, 11) is 0. The van der Waals surface area contributed by atoms with Crippen LogP contribution in [0.25, 0.3) is 0 Å². The number of benzene rings is 1. The lowest BCUT2D eigenvalue weighted by molar-refractivity contribution is -0.121. The standard InChI is InChI=1S/C14H19NO/c1-10-7-11(2)9-12(8-10)13-5-3-4-6-14(16)15-13/h7-9,13H,3-6H2,1-2H3,(H,15,16). The zero-order valence-corrected chi connectivity index (χ0v) is 10.0. The highest BCUT2D eigenvalue weighted by Crippen LogP contribution is 2.24. The Bertz CT molecular complexity index is 377. The van der Waals surface area contributed by atoms with E-state index in [-0.39, 0.29) is 11.9 Å². The number of aryl methyl sites for hydroxylation is 2. The number of carbonyl (C=O) groups is 1. The van der Waals surface area contributed by atoms with E-state index in [4.69, 9.17) is 0 Å². The Kier molecular flexibility index (Phi) is 3.28. The Hall–Kier alpha value is -1.31. The molecule has 1 saturated heterocycles. The van der Waals surface area contributed by atoms with Crippen LogP contribution in [-0.4, -0.2) is 5.91 Å². The number of amides is 1. The molecule has 1 heterocycles. The van der Waals surface area contributed by atoms with Crippen LogP contribution in [0.4, 0.5) is 0 Å². The first kappa shape index (κ1) is 11.2. The third-order valence-corrected chi connectivity index (χ3v) is 3.13. The van der Waals surface area contributed by atoms with Crippen molar-refractivity contribution in [2.45, 2.75) is 45.6 Å². The molecule has 1 amide bonds. The molecule has 0 bridgehead atoms. The largest absolute Gasteiger partial charge is 0.349 e. The fourth-order valence-electron chi connectivity index (χ4n) is 2.43. The van der Waals surface area contributed by atoms with Gasteiger partial charge in [0.25, 0.3) is 0 Å². The maximum atomic E-state index is 11.5. The summed E-state index contributed by atoms with van der Waals surface area (Å²) in [4.78, 5) is 11.5. The van der Waals surface area contributed by atoms with Gasteiger partial charge < -0.3 is 5.32 Å². The van der Waals surface area contributed by atoms with Crippen molar-refractivity contribution in [3.05, 3.63) is 34.9 Å². The first-order valence-corrected chi connectivity index (χ1v) is 6.03. The fraction of sp³-hybridized carbons (Fsp3) is 0.500. The molecule has 0 saturated carbocycles. The first-order chi connectivity index (χ1) is 7.65. The van der Waals surface area contributed by atoms with Crippen molar-refractivity contribution in [3.63, 3.8) is 0 Å². The molecular weight excluding hydrogens is 198 g/mol. The normalized spacial score (nSPS) is 21.4. The molecule has 1 aromatic rings. The Morgan fingerprint density at radius 3 is 2.50 bits per heavy atom.